The van der Waals surface area contributed by atoms with Crippen LogP contribution in [0.4, 0.5) is 13.2 Å². The zero-order valence-corrected chi connectivity index (χ0v) is 17.5. The lowest BCUT2D eigenvalue weighted by Gasteiger charge is -2.37. The van der Waals surface area contributed by atoms with E-state index in [1.54, 1.807) is 19.1 Å². The highest BCUT2D eigenvalue weighted by Gasteiger charge is 2.31. The maximum Gasteiger partial charge on any atom is 0.134 e. The second kappa shape index (κ2) is 8.53. The summed E-state index contributed by atoms with van der Waals surface area (Å²) < 4.78 is 43.5. The average Bonchev–Trinajstić information content (AvgIpc) is 2.71. The van der Waals surface area contributed by atoms with E-state index in [0.29, 0.717) is 5.56 Å². The van der Waals surface area contributed by atoms with Gasteiger partial charge in [-0.2, -0.15) is 0 Å². The second-order valence-electron chi connectivity index (χ2n) is 9.46. The number of benzene rings is 2. The van der Waals surface area contributed by atoms with Gasteiger partial charge in [-0.25, -0.2) is 13.2 Å². The molecule has 0 saturated heterocycles. The molecule has 0 bridgehead atoms. The van der Waals surface area contributed by atoms with Crippen LogP contribution in [0.1, 0.15) is 75.3 Å². The molecule has 0 aliphatic heterocycles. The number of hydrogen-bond donors (Lipinski definition) is 0. The van der Waals surface area contributed by atoms with Gasteiger partial charge in [0.15, 0.2) is 0 Å². The van der Waals surface area contributed by atoms with Crippen molar-refractivity contribution in [2.45, 2.75) is 71.1 Å². The van der Waals surface area contributed by atoms with Gasteiger partial charge in [-0.1, -0.05) is 31.9 Å². The van der Waals surface area contributed by atoms with Crippen molar-refractivity contribution in [3.63, 3.8) is 0 Å². The van der Waals surface area contributed by atoms with Gasteiger partial charge in [0, 0.05) is 0 Å². The first kappa shape index (κ1) is 20.5. The van der Waals surface area contributed by atoms with Crippen molar-refractivity contribution in [1.29, 1.82) is 0 Å². The van der Waals surface area contributed by atoms with Gasteiger partial charge in [0.1, 0.15) is 17.5 Å². The van der Waals surface area contributed by atoms with Crippen LogP contribution in [0.15, 0.2) is 30.3 Å². The zero-order valence-electron chi connectivity index (χ0n) is 17.5. The average molecular weight is 401 g/mol. The standard InChI is InChI=1S/C26H31F3/c1-16-3-6-18(7-4-16)19-9-11-20(12-10-19)22-14-24(28)26(25(29)15-22)21-8-5-17(2)23(27)13-21/h5,8,13-16,18-20H,3-4,6-7,9-12H2,1-2H3. The molecule has 2 aromatic rings. The maximum absolute atomic E-state index is 14.8. The normalized spacial score (nSPS) is 27.8. The Balaban J connectivity index is 1.47. The van der Waals surface area contributed by atoms with Crippen molar-refractivity contribution in [1.82, 2.24) is 0 Å². The minimum absolute atomic E-state index is 0.127. The molecular formula is C26H31F3. The first-order valence-electron chi connectivity index (χ1n) is 11.2. The highest BCUT2D eigenvalue weighted by Crippen LogP contribution is 2.44. The summed E-state index contributed by atoms with van der Waals surface area (Å²) in [6, 6.07) is 7.31. The molecule has 2 aliphatic carbocycles. The van der Waals surface area contributed by atoms with Crippen molar-refractivity contribution < 1.29 is 13.2 Å². The van der Waals surface area contributed by atoms with Gasteiger partial charge in [-0.05, 0) is 104 Å². The SMILES string of the molecule is Cc1ccc(-c2c(F)cc(C3CCC(C4CCC(C)CC4)CC3)cc2F)cc1F. The predicted octanol–water partition coefficient (Wildman–Crippen LogP) is 8.18. The van der Waals surface area contributed by atoms with Crippen molar-refractivity contribution in [3.05, 3.63) is 58.9 Å². The van der Waals surface area contributed by atoms with E-state index in [-0.39, 0.29) is 17.0 Å². The summed E-state index contributed by atoms with van der Waals surface area (Å²) in [5.74, 6) is 1.09. The van der Waals surface area contributed by atoms with Crippen molar-refractivity contribution in [2.24, 2.45) is 17.8 Å². The molecule has 0 radical (unpaired) electrons. The van der Waals surface area contributed by atoms with E-state index >= 15 is 0 Å². The third-order valence-electron chi connectivity index (χ3n) is 7.50. The largest absolute Gasteiger partial charge is 0.207 e. The molecule has 0 spiro atoms. The molecule has 2 fully saturated rings. The van der Waals surface area contributed by atoms with Crippen molar-refractivity contribution in [3.8, 4) is 11.1 Å². The Hall–Kier alpha value is -1.77. The number of halogens is 3. The van der Waals surface area contributed by atoms with Crippen LogP contribution in [0.3, 0.4) is 0 Å². The van der Waals surface area contributed by atoms with Gasteiger partial charge in [0.05, 0.1) is 5.56 Å². The number of aryl methyl sites for hydroxylation is 1. The van der Waals surface area contributed by atoms with Gasteiger partial charge in [-0.15, -0.1) is 0 Å². The Morgan fingerprint density at radius 2 is 1.24 bits per heavy atom. The van der Waals surface area contributed by atoms with Gasteiger partial charge in [0.25, 0.3) is 0 Å². The quantitative estimate of drug-likeness (QED) is 0.487. The lowest BCUT2D eigenvalue weighted by atomic mass is 9.68. The van der Waals surface area contributed by atoms with Crippen LogP contribution in [-0.4, -0.2) is 0 Å². The molecule has 0 nitrogen and oxygen atoms in total. The zero-order chi connectivity index (χ0) is 20.5. The van der Waals surface area contributed by atoms with Crippen LogP contribution in [-0.2, 0) is 0 Å². The van der Waals surface area contributed by atoms with E-state index in [0.717, 1.165) is 49.0 Å². The molecule has 156 valence electrons. The van der Waals surface area contributed by atoms with Gasteiger partial charge >= 0.3 is 0 Å². The molecule has 2 aromatic carbocycles. The second-order valence-corrected chi connectivity index (χ2v) is 9.46. The minimum atomic E-state index is -0.591. The van der Waals surface area contributed by atoms with E-state index < -0.39 is 17.5 Å². The molecule has 3 heteroatoms. The molecule has 4 rings (SSSR count). The monoisotopic (exact) mass is 400 g/mol. The highest BCUT2D eigenvalue weighted by atomic mass is 19.1. The van der Waals surface area contributed by atoms with E-state index in [2.05, 4.69) is 6.92 Å². The van der Waals surface area contributed by atoms with Crippen LogP contribution in [0.25, 0.3) is 11.1 Å². The van der Waals surface area contributed by atoms with Crippen LogP contribution in [0.2, 0.25) is 0 Å². The van der Waals surface area contributed by atoms with E-state index in [4.69, 9.17) is 0 Å². The van der Waals surface area contributed by atoms with Crippen LogP contribution in [0.5, 0.6) is 0 Å². The number of hydrogen-bond acceptors (Lipinski definition) is 0. The molecule has 0 heterocycles. The summed E-state index contributed by atoms with van der Waals surface area (Å²) in [6.45, 7) is 3.99. The minimum Gasteiger partial charge on any atom is -0.207 e. The topological polar surface area (TPSA) is 0 Å². The van der Waals surface area contributed by atoms with Crippen LogP contribution < -0.4 is 0 Å². The smallest absolute Gasteiger partial charge is 0.134 e. The Bertz CT molecular complexity index is 833. The predicted molar refractivity (Wildman–Crippen MR) is 112 cm³/mol. The fourth-order valence-corrected chi connectivity index (χ4v) is 5.53. The molecule has 29 heavy (non-hydrogen) atoms. The summed E-state index contributed by atoms with van der Waals surface area (Å²) in [5, 5.41) is 0. The van der Waals surface area contributed by atoms with E-state index in [1.807, 2.05) is 0 Å². The Labute approximate surface area is 172 Å². The summed E-state index contributed by atoms with van der Waals surface area (Å²) >= 11 is 0. The van der Waals surface area contributed by atoms with Crippen molar-refractivity contribution >= 4 is 0 Å². The molecule has 0 amide bonds. The lowest BCUT2D eigenvalue weighted by molar-refractivity contribution is 0.165. The van der Waals surface area contributed by atoms with Crippen molar-refractivity contribution in [2.75, 3.05) is 0 Å². The molecule has 0 unspecified atom stereocenters. The Morgan fingerprint density at radius 3 is 1.79 bits per heavy atom. The fraction of sp³-hybridized carbons (Fsp3) is 0.538. The first-order chi connectivity index (χ1) is 13.9. The molecule has 0 N–H and O–H groups in total. The van der Waals surface area contributed by atoms with E-state index in [9.17, 15) is 13.2 Å². The summed E-state index contributed by atoms with van der Waals surface area (Å²) in [4.78, 5) is 0. The molecular weight excluding hydrogens is 369 g/mol. The van der Waals surface area contributed by atoms with E-state index in [1.165, 1.54) is 43.9 Å². The highest BCUT2D eigenvalue weighted by molar-refractivity contribution is 5.66. The molecule has 0 aromatic heterocycles. The first-order valence-corrected chi connectivity index (χ1v) is 11.2. The molecule has 2 aliphatic rings. The maximum atomic E-state index is 14.8. The summed E-state index contributed by atoms with van der Waals surface area (Å²) in [6.07, 6.45) is 9.74. The summed E-state index contributed by atoms with van der Waals surface area (Å²) in [7, 11) is 0. The third kappa shape index (κ3) is 4.39. The van der Waals surface area contributed by atoms with Crippen LogP contribution >= 0.6 is 0 Å². The fourth-order valence-electron chi connectivity index (χ4n) is 5.53. The molecule has 2 saturated carbocycles. The van der Waals surface area contributed by atoms with Gasteiger partial charge < -0.3 is 0 Å². The Morgan fingerprint density at radius 1 is 0.690 bits per heavy atom. The van der Waals surface area contributed by atoms with Gasteiger partial charge in [-0.3, -0.25) is 0 Å². The molecule has 0 atom stereocenters. The number of rotatable bonds is 3. The Kier molecular flexibility index (Phi) is 6.03. The summed E-state index contributed by atoms with van der Waals surface area (Å²) in [5.41, 5.74) is 1.35. The lowest BCUT2D eigenvalue weighted by Crippen LogP contribution is -2.24. The third-order valence-corrected chi connectivity index (χ3v) is 7.50. The van der Waals surface area contributed by atoms with Gasteiger partial charge in [0.2, 0.25) is 0 Å². The van der Waals surface area contributed by atoms with Crippen LogP contribution in [0, 0.1) is 42.1 Å².